The maximum atomic E-state index is 8.42. The first-order valence-corrected chi connectivity index (χ1v) is 0.707. The van der Waals surface area contributed by atoms with Crippen LogP contribution in [-0.2, 0) is 0 Å². The van der Waals surface area contributed by atoms with Gasteiger partial charge in [0.05, 0.1) is 0 Å². The number of rotatable bonds is 0. The Bertz CT molecular complexity index is 12.3. The van der Waals surface area contributed by atoms with Gasteiger partial charge in [0, 0.05) is 0 Å². The summed E-state index contributed by atoms with van der Waals surface area (Å²) >= 11 is 0. The van der Waals surface area contributed by atoms with E-state index in [9.17, 15) is 0 Å². The summed E-state index contributed by atoms with van der Waals surface area (Å²) in [6.07, 6.45) is 0. The largest absolute Gasteiger partial charge is 3.00 e. The van der Waals surface area contributed by atoms with Crippen LogP contribution < -0.4 is 15.1 Å². The van der Waals surface area contributed by atoms with E-state index in [4.69, 9.17) is 15.1 Å². The van der Waals surface area contributed by atoms with E-state index in [1.807, 2.05) is 0 Å². The Morgan fingerprint density at radius 2 is 1.00 bits per heavy atom. The van der Waals surface area contributed by atoms with Crippen molar-refractivity contribution in [3.63, 3.8) is 0 Å². The number of hydrogen-bond acceptors (Lipinski definition) is 3. The molecule has 4 nitrogen and oxygen atoms in total. The first-order chi connectivity index (χ1) is 1.73. The summed E-state index contributed by atoms with van der Waals surface area (Å²) in [6, 6.07) is 0. The Morgan fingerprint density at radius 3 is 1.00 bits per heavy atom. The van der Waals surface area contributed by atoms with Crippen LogP contribution in [0.25, 0.3) is 0 Å². The molecule has 0 aromatic rings. The predicted molar refractivity (Wildman–Crippen MR) is 9.37 cm³/mol. The molecule has 0 saturated carbocycles. The molecule has 0 aliphatic carbocycles. The molecular weight excluding hydrogens is 215 g/mol. The van der Waals surface area contributed by atoms with E-state index in [1.54, 1.807) is 0 Å². The fraction of sp³-hybridized carbons (Fsp3) is 0. The summed E-state index contributed by atoms with van der Waals surface area (Å²) in [5.74, 6) is 0. The van der Waals surface area contributed by atoms with Gasteiger partial charge in [0.25, 0.3) is 0 Å². The van der Waals surface area contributed by atoms with Crippen molar-refractivity contribution in [1.29, 1.82) is 0 Å². The number of hydrogen-bond donors (Lipinski definition) is 0. The summed E-state index contributed by atoms with van der Waals surface area (Å²) < 4.78 is 0. The zero-order valence-corrected chi connectivity index (χ0v) is 5.94. The van der Waals surface area contributed by atoms with E-state index in [1.165, 1.54) is 0 Å². The molecule has 1 radical (unpaired) electrons. The first-order valence-electron chi connectivity index (χ1n) is 0.707. The van der Waals surface area contributed by atoms with Crippen LogP contribution in [0.3, 0.4) is 0 Å². The zero-order valence-electron chi connectivity index (χ0n) is 2.80. The van der Waals surface area contributed by atoms with Gasteiger partial charge in [-0.05, 0) is 0 Å². The molecule has 0 heterocycles. The zero-order chi connectivity index (χ0) is 3.58. The molecule has 6 heavy (non-hydrogen) atoms. The van der Waals surface area contributed by atoms with Crippen molar-refractivity contribution < 1.29 is 62.3 Å². The molecule has 0 atom stereocenters. The standard InChI is InChI=1S/BO3.Ce.H2O/c2-1(3)4;;/h;;1H2/q-3;+3;. The minimum absolute atomic E-state index is 0. The van der Waals surface area contributed by atoms with E-state index < -0.39 is 7.32 Å². The molecular formula is H2BCeO4. The molecule has 0 rings (SSSR count). The SMILES string of the molecule is O.[Ce+3].[O-]B([O-])[O-]. The van der Waals surface area contributed by atoms with Gasteiger partial charge in [0.2, 0.25) is 0 Å². The molecule has 0 aliphatic rings. The van der Waals surface area contributed by atoms with Crippen LogP contribution in [0, 0.1) is 41.7 Å². The smallest absolute Gasteiger partial charge is 0.907 e. The van der Waals surface area contributed by atoms with Crippen LogP contribution in [0.1, 0.15) is 0 Å². The summed E-state index contributed by atoms with van der Waals surface area (Å²) in [4.78, 5) is 0. The Balaban J connectivity index is -0.0000000450. The monoisotopic (exact) mass is 217 g/mol. The normalized spacial score (nSPS) is 4.50. The maximum Gasteiger partial charge on any atom is 3.00 e. The van der Waals surface area contributed by atoms with Crippen molar-refractivity contribution >= 4 is 7.32 Å². The van der Waals surface area contributed by atoms with E-state index in [0.29, 0.717) is 0 Å². The van der Waals surface area contributed by atoms with E-state index >= 15 is 0 Å². The third-order valence-corrected chi connectivity index (χ3v) is 0. The Labute approximate surface area is 69.0 Å². The van der Waals surface area contributed by atoms with E-state index in [-0.39, 0.29) is 47.2 Å². The van der Waals surface area contributed by atoms with Gasteiger partial charge >= 0.3 is 41.7 Å². The third-order valence-electron chi connectivity index (χ3n) is 0. The second kappa shape index (κ2) is 9.56. The van der Waals surface area contributed by atoms with E-state index in [0.717, 1.165) is 0 Å². The van der Waals surface area contributed by atoms with Gasteiger partial charge in [-0.1, -0.05) is 0 Å². The van der Waals surface area contributed by atoms with Crippen LogP contribution in [0.2, 0.25) is 0 Å². The topological polar surface area (TPSA) is 101 Å². The average molecular weight is 217 g/mol. The quantitative estimate of drug-likeness (QED) is 0.380. The molecule has 33 valence electrons. The van der Waals surface area contributed by atoms with Gasteiger partial charge in [-0.15, -0.1) is 0 Å². The Morgan fingerprint density at radius 1 is 1.00 bits per heavy atom. The molecule has 0 unspecified atom stereocenters. The molecule has 0 spiro atoms. The van der Waals surface area contributed by atoms with Gasteiger partial charge in [0.15, 0.2) is 0 Å². The average Bonchev–Trinajstić information content (AvgIpc) is 0.811. The fourth-order valence-electron chi connectivity index (χ4n) is 0. The van der Waals surface area contributed by atoms with Crippen molar-refractivity contribution in [3.05, 3.63) is 0 Å². The maximum absolute atomic E-state index is 8.42. The van der Waals surface area contributed by atoms with Crippen molar-refractivity contribution in [1.82, 2.24) is 0 Å². The first kappa shape index (κ1) is 15.7. The molecule has 2 N–H and O–H groups in total. The molecule has 0 aliphatic heterocycles. The van der Waals surface area contributed by atoms with Crippen LogP contribution in [0.15, 0.2) is 0 Å². The molecule has 0 bridgehead atoms. The van der Waals surface area contributed by atoms with Crippen molar-refractivity contribution in [2.24, 2.45) is 0 Å². The van der Waals surface area contributed by atoms with Crippen LogP contribution in [0.5, 0.6) is 0 Å². The summed E-state index contributed by atoms with van der Waals surface area (Å²) in [7, 11) is -2.92. The molecule has 0 aromatic carbocycles. The Hall–Kier alpha value is 1.28. The molecule has 0 amide bonds. The van der Waals surface area contributed by atoms with Crippen LogP contribution >= 0.6 is 0 Å². The van der Waals surface area contributed by atoms with Gasteiger partial charge in [-0.3, -0.25) is 7.32 Å². The molecule has 0 aromatic heterocycles. The molecule has 6 heteroatoms. The second-order valence-electron chi connectivity index (χ2n) is 0.289. The van der Waals surface area contributed by atoms with Crippen LogP contribution in [-0.4, -0.2) is 12.8 Å². The Kier molecular flexibility index (Phi) is 25.0. The van der Waals surface area contributed by atoms with Crippen molar-refractivity contribution in [3.8, 4) is 0 Å². The van der Waals surface area contributed by atoms with Crippen molar-refractivity contribution in [2.75, 3.05) is 0 Å². The second-order valence-corrected chi connectivity index (χ2v) is 0.289. The van der Waals surface area contributed by atoms with Crippen LogP contribution in [0.4, 0.5) is 0 Å². The summed E-state index contributed by atoms with van der Waals surface area (Å²) in [6.45, 7) is 0. The van der Waals surface area contributed by atoms with Crippen molar-refractivity contribution in [2.45, 2.75) is 0 Å². The van der Waals surface area contributed by atoms with Gasteiger partial charge < -0.3 is 20.5 Å². The van der Waals surface area contributed by atoms with Gasteiger partial charge in [-0.2, -0.15) is 0 Å². The molecule has 0 fully saturated rings. The van der Waals surface area contributed by atoms with Gasteiger partial charge in [0.1, 0.15) is 0 Å². The molecule has 0 saturated heterocycles. The predicted octanol–water partition coefficient (Wildman–Crippen LogP) is -4.77. The third kappa shape index (κ3) is 59.0. The van der Waals surface area contributed by atoms with E-state index in [2.05, 4.69) is 0 Å². The summed E-state index contributed by atoms with van der Waals surface area (Å²) in [5.41, 5.74) is 0. The van der Waals surface area contributed by atoms with Gasteiger partial charge in [-0.25, -0.2) is 0 Å². The minimum atomic E-state index is -2.92. The fourth-order valence-corrected chi connectivity index (χ4v) is 0. The summed E-state index contributed by atoms with van der Waals surface area (Å²) in [5, 5.41) is 25.2. The minimum Gasteiger partial charge on any atom is -0.907 e.